The molecule has 1 atom stereocenters. The van der Waals surface area contributed by atoms with Gasteiger partial charge in [-0.15, -0.1) is 0 Å². The number of hydrogen-bond donors (Lipinski definition) is 0. The normalized spacial score (nSPS) is 18.1. The SMILES string of the molecule is COc1cccc([C@@H]2CCCN2Cc2ccc(C#N)cc2)c1. The number of methoxy groups -OCH3 is 1. The van der Waals surface area contributed by atoms with Gasteiger partial charge in [0, 0.05) is 12.6 Å². The number of nitrogens with zero attached hydrogens (tertiary/aromatic N) is 2. The van der Waals surface area contributed by atoms with Gasteiger partial charge in [0.2, 0.25) is 0 Å². The minimum atomic E-state index is 0.450. The molecule has 1 fully saturated rings. The van der Waals surface area contributed by atoms with Crippen molar-refractivity contribution in [3.8, 4) is 11.8 Å². The van der Waals surface area contributed by atoms with Gasteiger partial charge in [-0.1, -0.05) is 24.3 Å². The molecule has 1 aliphatic rings. The third kappa shape index (κ3) is 3.13. The highest BCUT2D eigenvalue weighted by molar-refractivity contribution is 5.33. The quantitative estimate of drug-likeness (QED) is 0.857. The number of rotatable bonds is 4. The predicted molar refractivity (Wildman–Crippen MR) is 86.5 cm³/mol. The zero-order valence-corrected chi connectivity index (χ0v) is 12.8. The smallest absolute Gasteiger partial charge is 0.119 e. The lowest BCUT2D eigenvalue weighted by molar-refractivity contribution is 0.248. The molecule has 0 amide bonds. The summed E-state index contributed by atoms with van der Waals surface area (Å²) in [5.74, 6) is 0.919. The van der Waals surface area contributed by atoms with Gasteiger partial charge < -0.3 is 4.74 Å². The molecule has 2 aromatic rings. The van der Waals surface area contributed by atoms with Crippen LogP contribution in [-0.4, -0.2) is 18.6 Å². The summed E-state index contributed by atoms with van der Waals surface area (Å²) in [6, 6.07) is 18.9. The first-order valence-electron chi connectivity index (χ1n) is 7.67. The van der Waals surface area contributed by atoms with E-state index in [9.17, 15) is 0 Å². The number of hydrogen-bond acceptors (Lipinski definition) is 3. The maximum atomic E-state index is 8.88. The molecular weight excluding hydrogens is 272 g/mol. The van der Waals surface area contributed by atoms with E-state index in [1.807, 2.05) is 18.2 Å². The van der Waals surface area contributed by atoms with E-state index >= 15 is 0 Å². The third-order valence-electron chi connectivity index (χ3n) is 4.31. The molecule has 1 saturated heterocycles. The molecule has 1 heterocycles. The Morgan fingerprint density at radius 3 is 2.77 bits per heavy atom. The number of benzene rings is 2. The van der Waals surface area contributed by atoms with E-state index in [1.165, 1.54) is 24.0 Å². The Morgan fingerprint density at radius 1 is 1.23 bits per heavy atom. The van der Waals surface area contributed by atoms with E-state index in [1.54, 1.807) is 7.11 Å². The van der Waals surface area contributed by atoms with E-state index in [0.29, 0.717) is 6.04 Å². The molecule has 3 heteroatoms. The summed E-state index contributed by atoms with van der Waals surface area (Å²) in [4.78, 5) is 2.51. The Kier molecular flexibility index (Phi) is 4.41. The van der Waals surface area contributed by atoms with Crippen LogP contribution in [0.3, 0.4) is 0 Å². The van der Waals surface area contributed by atoms with E-state index in [2.05, 4.69) is 41.3 Å². The molecular formula is C19H20N2O. The van der Waals surface area contributed by atoms with Gasteiger partial charge >= 0.3 is 0 Å². The van der Waals surface area contributed by atoms with E-state index in [4.69, 9.17) is 10.00 Å². The minimum absolute atomic E-state index is 0.450. The van der Waals surface area contributed by atoms with Crippen molar-refractivity contribution in [2.45, 2.75) is 25.4 Å². The highest BCUT2D eigenvalue weighted by atomic mass is 16.5. The van der Waals surface area contributed by atoms with Crippen molar-refractivity contribution in [3.63, 3.8) is 0 Å². The van der Waals surface area contributed by atoms with Gasteiger partial charge in [-0.2, -0.15) is 5.26 Å². The van der Waals surface area contributed by atoms with Crippen LogP contribution in [0.4, 0.5) is 0 Å². The molecule has 0 unspecified atom stereocenters. The average molecular weight is 292 g/mol. The highest BCUT2D eigenvalue weighted by Crippen LogP contribution is 2.34. The molecule has 0 saturated carbocycles. The monoisotopic (exact) mass is 292 g/mol. The lowest BCUT2D eigenvalue weighted by Gasteiger charge is -2.25. The van der Waals surface area contributed by atoms with Crippen molar-refractivity contribution in [1.82, 2.24) is 4.90 Å². The molecule has 3 rings (SSSR count). The Hall–Kier alpha value is -2.31. The molecule has 1 aliphatic heterocycles. The Balaban J connectivity index is 1.76. The van der Waals surface area contributed by atoms with Crippen molar-refractivity contribution in [2.75, 3.05) is 13.7 Å². The van der Waals surface area contributed by atoms with Gasteiger partial charge in [0.25, 0.3) is 0 Å². The van der Waals surface area contributed by atoms with Crippen molar-refractivity contribution >= 4 is 0 Å². The summed E-state index contributed by atoms with van der Waals surface area (Å²) in [7, 11) is 1.71. The summed E-state index contributed by atoms with van der Waals surface area (Å²) in [5, 5.41) is 8.88. The molecule has 0 N–H and O–H groups in total. The lowest BCUT2D eigenvalue weighted by Crippen LogP contribution is -2.22. The van der Waals surface area contributed by atoms with Crippen LogP contribution in [0.1, 0.15) is 35.6 Å². The van der Waals surface area contributed by atoms with E-state index < -0.39 is 0 Å². The topological polar surface area (TPSA) is 36.3 Å². The zero-order chi connectivity index (χ0) is 15.4. The van der Waals surface area contributed by atoms with Gasteiger partial charge in [-0.3, -0.25) is 4.90 Å². The van der Waals surface area contributed by atoms with Crippen LogP contribution in [0.25, 0.3) is 0 Å². The maximum absolute atomic E-state index is 8.88. The van der Waals surface area contributed by atoms with Gasteiger partial charge in [0.15, 0.2) is 0 Å². The number of likely N-dealkylation sites (tertiary alicyclic amines) is 1. The van der Waals surface area contributed by atoms with Crippen LogP contribution >= 0.6 is 0 Å². The second-order valence-corrected chi connectivity index (χ2v) is 5.71. The van der Waals surface area contributed by atoms with Crippen molar-refractivity contribution in [3.05, 3.63) is 65.2 Å². The van der Waals surface area contributed by atoms with Gasteiger partial charge in [-0.05, 0) is 54.8 Å². The summed E-state index contributed by atoms with van der Waals surface area (Å²) >= 11 is 0. The Labute approximate surface area is 131 Å². The van der Waals surface area contributed by atoms with Crippen LogP contribution in [0.5, 0.6) is 5.75 Å². The first kappa shape index (κ1) is 14.6. The highest BCUT2D eigenvalue weighted by Gasteiger charge is 2.26. The second-order valence-electron chi connectivity index (χ2n) is 5.71. The average Bonchev–Trinajstić information content (AvgIpc) is 3.04. The van der Waals surface area contributed by atoms with Gasteiger partial charge in [0.05, 0.1) is 18.7 Å². The number of nitriles is 1. The fraction of sp³-hybridized carbons (Fsp3) is 0.316. The molecule has 0 bridgehead atoms. The molecule has 22 heavy (non-hydrogen) atoms. The third-order valence-corrected chi connectivity index (χ3v) is 4.31. The summed E-state index contributed by atoms with van der Waals surface area (Å²) in [6.45, 7) is 2.04. The maximum Gasteiger partial charge on any atom is 0.119 e. The van der Waals surface area contributed by atoms with Crippen LogP contribution in [0.2, 0.25) is 0 Å². The Morgan fingerprint density at radius 2 is 2.05 bits per heavy atom. The van der Waals surface area contributed by atoms with Crippen LogP contribution in [-0.2, 0) is 6.54 Å². The summed E-state index contributed by atoms with van der Waals surface area (Å²) in [6.07, 6.45) is 2.40. The predicted octanol–water partition coefficient (Wildman–Crippen LogP) is 3.90. The molecule has 0 radical (unpaired) electrons. The fourth-order valence-electron chi connectivity index (χ4n) is 3.16. The van der Waals surface area contributed by atoms with Crippen LogP contribution in [0, 0.1) is 11.3 Å². The molecule has 112 valence electrons. The van der Waals surface area contributed by atoms with Gasteiger partial charge in [-0.25, -0.2) is 0 Å². The summed E-state index contributed by atoms with van der Waals surface area (Å²) in [5.41, 5.74) is 3.30. The lowest BCUT2D eigenvalue weighted by atomic mass is 10.0. The molecule has 0 spiro atoms. The zero-order valence-electron chi connectivity index (χ0n) is 12.8. The largest absolute Gasteiger partial charge is 0.497 e. The fourth-order valence-corrected chi connectivity index (χ4v) is 3.16. The van der Waals surface area contributed by atoms with Crippen molar-refractivity contribution in [1.29, 1.82) is 5.26 Å². The van der Waals surface area contributed by atoms with E-state index in [0.717, 1.165) is 24.4 Å². The molecule has 2 aromatic carbocycles. The van der Waals surface area contributed by atoms with Crippen LogP contribution in [0.15, 0.2) is 48.5 Å². The standard InChI is InChI=1S/C19H20N2O/c1-22-18-5-2-4-17(12-18)19-6-3-11-21(19)14-16-9-7-15(13-20)8-10-16/h2,4-5,7-10,12,19H,3,6,11,14H2,1H3/t19-/m0/s1. The van der Waals surface area contributed by atoms with Crippen LogP contribution < -0.4 is 4.74 Å². The van der Waals surface area contributed by atoms with E-state index in [-0.39, 0.29) is 0 Å². The Bertz CT molecular complexity index is 673. The molecule has 3 nitrogen and oxygen atoms in total. The second kappa shape index (κ2) is 6.64. The van der Waals surface area contributed by atoms with Crippen molar-refractivity contribution in [2.24, 2.45) is 0 Å². The molecule has 0 aliphatic carbocycles. The van der Waals surface area contributed by atoms with Gasteiger partial charge in [0.1, 0.15) is 5.75 Å². The molecule has 0 aromatic heterocycles. The number of ether oxygens (including phenoxy) is 1. The first-order valence-corrected chi connectivity index (χ1v) is 7.67. The summed E-state index contributed by atoms with van der Waals surface area (Å²) < 4.78 is 5.34. The van der Waals surface area contributed by atoms with Crippen molar-refractivity contribution < 1.29 is 4.74 Å². The minimum Gasteiger partial charge on any atom is -0.497 e. The first-order chi connectivity index (χ1) is 10.8.